The Morgan fingerprint density at radius 2 is 2.17 bits per heavy atom. The standard InChI is InChI=1S/C11H18O/c1-2-3-8-4-5-10-9(8)6-7-11(10)12/h8-10H,2-7H2,1H3/t8?,9-,10+/m0/s1. The van der Waals surface area contributed by atoms with E-state index in [0.717, 1.165) is 18.3 Å². The molecule has 0 bridgehead atoms. The van der Waals surface area contributed by atoms with Crippen molar-refractivity contribution in [2.75, 3.05) is 0 Å². The smallest absolute Gasteiger partial charge is 0.136 e. The van der Waals surface area contributed by atoms with E-state index in [9.17, 15) is 4.79 Å². The molecule has 0 N–H and O–H groups in total. The van der Waals surface area contributed by atoms with Crippen LogP contribution in [0.25, 0.3) is 0 Å². The fourth-order valence-electron chi connectivity index (χ4n) is 3.21. The van der Waals surface area contributed by atoms with Gasteiger partial charge in [0, 0.05) is 12.3 Å². The predicted octanol–water partition coefficient (Wildman–Crippen LogP) is 2.79. The number of ketones is 1. The molecule has 3 atom stereocenters. The molecular weight excluding hydrogens is 148 g/mol. The summed E-state index contributed by atoms with van der Waals surface area (Å²) >= 11 is 0. The van der Waals surface area contributed by atoms with Crippen LogP contribution in [0.5, 0.6) is 0 Å². The van der Waals surface area contributed by atoms with Gasteiger partial charge < -0.3 is 0 Å². The molecule has 2 saturated carbocycles. The molecule has 0 spiro atoms. The van der Waals surface area contributed by atoms with Gasteiger partial charge in [-0.25, -0.2) is 0 Å². The molecule has 68 valence electrons. The van der Waals surface area contributed by atoms with E-state index in [2.05, 4.69) is 6.92 Å². The second-order valence-corrected chi connectivity index (χ2v) is 4.40. The third-order valence-corrected chi connectivity index (χ3v) is 3.77. The first kappa shape index (κ1) is 8.28. The molecule has 0 aromatic rings. The lowest BCUT2D eigenvalue weighted by Crippen LogP contribution is -2.12. The van der Waals surface area contributed by atoms with Gasteiger partial charge in [0.25, 0.3) is 0 Å². The summed E-state index contributed by atoms with van der Waals surface area (Å²) < 4.78 is 0. The zero-order chi connectivity index (χ0) is 8.55. The number of carbonyl (C=O) groups is 1. The lowest BCUT2D eigenvalue weighted by atomic mass is 9.89. The normalized spacial score (nSPS) is 40.4. The lowest BCUT2D eigenvalue weighted by Gasteiger charge is -2.16. The molecule has 0 amide bonds. The number of Topliss-reactive ketones (excluding diaryl/α,β-unsaturated/α-hetero) is 1. The van der Waals surface area contributed by atoms with E-state index >= 15 is 0 Å². The van der Waals surface area contributed by atoms with Crippen LogP contribution in [-0.2, 0) is 4.79 Å². The van der Waals surface area contributed by atoms with Crippen molar-refractivity contribution < 1.29 is 4.79 Å². The van der Waals surface area contributed by atoms with Crippen LogP contribution in [0.1, 0.15) is 45.4 Å². The first-order valence-corrected chi connectivity index (χ1v) is 5.35. The maximum atomic E-state index is 11.4. The summed E-state index contributed by atoms with van der Waals surface area (Å²) in [5.41, 5.74) is 0. The number of rotatable bonds is 2. The van der Waals surface area contributed by atoms with Gasteiger partial charge in [0.15, 0.2) is 0 Å². The molecule has 2 fully saturated rings. The average molecular weight is 166 g/mol. The van der Waals surface area contributed by atoms with Gasteiger partial charge in [-0.1, -0.05) is 19.8 Å². The molecule has 2 aliphatic rings. The van der Waals surface area contributed by atoms with Crippen molar-refractivity contribution >= 4 is 5.78 Å². The van der Waals surface area contributed by atoms with Crippen LogP contribution < -0.4 is 0 Å². The number of hydrogen-bond acceptors (Lipinski definition) is 1. The summed E-state index contributed by atoms with van der Waals surface area (Å²) in [7, 11) is 0. The van der Waals surface area contributed by atoms with Crippen molar-refractivity contribution in [3.63, 3.8) is 0 Å². The maximum absolute atomic E-state index is 11.4. The Morgan fingerprint density at radius 1 is 1.33 bits per heavy atom. The molecule has 0 aliphatic heterocycles. The van der Waals surface area contributed by atoms with Crippen LogP contribution in [0.4, 0.5) is 0 Å². The minimum absolute atomic E-state index is 0.488. The highest BCUT2D eigenvalue weighted by molar-refractivity contribution is 5.83. The summed E-state index contributed by atoms with van der Waals surface area (Å²) in [6.07, 6.45) is 7.27. The first-order valence-electron chi connectivity index (χ1n) is 5.35. The van der Waals surface area contributed by atoms with Crippen LogP contribution in [0.15, 0.2) is 0 Å². The third-order valence-electron chi connectivity index (χ3n) is 3.77. The highest BCUT2D eigenvalue weighted by atomic mass is 16.1. The molecule has 0 aromatic carbocycles. The van der Waals surface area contributed by atoms with Crippen molar-refractivity contribution in [3.8, 4) is 0 Å². The second-order valence-electron chi connectivity index (χ2n) is 4.40. The fraction of sp³-hybridized carbons (Fsp3) is 0.909. The van der Waals surface area contributed by atoms with E-state index in [4.69, 9.17) is 0 Å². The number of fused-ring (bicyclic) bond motifs is 1. The van der Waals surface area contributed by atoms with E-state index in [1.165, 1.54) is 32.1 Å². The molecule has 1 nitrogen and oxygen atoms in total. The summed E-state index contributed by atoms with van der Waals surface area (Å²) in [4.78, 5) is 11.4. The summed E-state index contributed by atoms with van der Waals surface area (Å²) in [6.45, 7) is 2.25. The predicted molar refractivity (Wildman–Crippen MR) is 48.9 cm³/mol. The van der Waals surface area contributed by atoms with Crippen LogP contribution in [0.2, 0.25) is 0 Å². The highest BCUT2D eigenvalue weighted by Gasteiger charge is 2.43. The van der Waals surface area contributed by atoms with Crippen molar-refractivity contribution in [2.45, 2.75) is 45.4 Å². The minimum atomic E-state index is 0.488. The van der Waals surface area contributed by atoms with Gasteiger partial charge in [0.1, 0.15) is 5.78 Å². The average Bonchev–Trinajstić information content (AvgIpc) is 2.58. The monoisotopic (exact) mass is 166 g/mol. The summed E-state index contributed by atoms with van der Waals surface area (Å²) in [5.74, 6) is 2.74. The third kappa shape index (κ3) is 1.19. The second kappa shape index (κ2) is 3.20. The topological polar surface area (TPSA) is 17.1 Å². The van der Waals surface area contributed by atoms with Gasteiger partial charge in [-0.15, -0.1) is 0 Å². The van der Waals surface area contributed by atoms with Gasteiger partial charge in [-0.3, -0.25) is 4.79 Å². The van der Waals surface area contributed by atoms with Crippen molar-refractivity contribution in [1.82, 2.24) is 0 Å². The van der Waals surface area contributed by atoms with Gasteiger partial charge in [0.05, 0.1) is 0 Å². The van der Waals surface area contributed by atoms with E-state index in [1.54, 1.807) is 0 Å². The Hall–Kier alpha value is -0.330. The van der Waals surface area contributed by atoms with Crippen LogP contribution >= 0.6 is 0 Å². The summed E-state index contributed by atoms with van der Waals surface area (Å²) in [5, 5.41) is 0. The van der Waals surface area contributed by atoms with Gasteiger partial charge in [-0.05, 0) is 31.1 Å². The van der Waals surface area contributed by atoms with Crippen LogP contribution in [-0.4, -0.2) is 5.78 Å². The minimum Gasteiger partial charge on any atom is -0.299 e. The number of hydrogen-bond donors (Lipinski definition) is 0. The first-order chi connectivity index (χ1) is 5.83. The largest absolute Gasteiger partial charge is 0.299 e. The molecule has 1 heteroatoms. The zero-order valence-corrected chi connectivity index (χ0v) is 7.88. The molecule has 0 radical (unpaired) electrons. The molecule has 2 aliphatic carbocycles. The van der Waals surface area contributed by atoms with Gasteiger partial charge in [0.2, 0.25) is 0 Å². The molecule has 0 heterocycles. The SMILES string of the molecule is CCCC1CC[C@H]2C(=O)CC[C@@H]12. The molecular formula is C11H18O. The van der Waals surface area contributed by atoms with Crippen molar-refractivity contribution in [2.24, 2.45) is 17.8 Å². The van der Waals surface area contributed by atoms with E-state index in [0.29, 0.717) is 11.7 Å². The Labute approximate surface area is 74.5 Å². The van der Waals surface area contributed by atoms with Crippen molar-refractivity contribution in [1.29, 1.82) is 0 Å². The molecule has 0 aromatic heterocycles. The molecule has 2 rings (SSSR count). The number of carbonyl (C=O) groups excluding carboxylic acids is 1. The molecule has 12 heavy (non-hydrogen) atoms. The lowest BCUT2D eigenvalue weighted by molar-refractivity contribution is -0.120. The fourth-order valence-corrected chi connectivity index (χ4v) is 3.21. The molecule has 1 unspecified atom stereocenters. The quantitative estimate of drug-likeness (QED) is 0.616. The Kier molecular flexibility index (Phi) is 2.20. The van der Waals surface area contributed by atoms with Crippen LogP contribution in [0.3, 0.4) is 0 Å². The van der Waals surface area contributed by atoms with Crippen LogP contribution in [0, 0.1) is 17.8 Å². The van der Waals surface area contributed by atoms with E-state index < -0.39 is 0 Å². The van der Waals surface area contributed by atoms with Gasteiger partial charge in [-0.2, -0.15) is 0 Å². The Bertz CT molecular complexity index is 185. The highest BCUT2D eigenvalue weighted by Crippen LogP contribution is 2.47. The molecule has 0 saturated heterocycles. The maximum Gasteiger partial charge on any atom is 0.136 e. The van der Waals surface area contributed by atoms with E-state index in [1.807, 2.05) is 0 Å². The van der Waals surface area contributed by atoms with E-state index in [-0.39, 0.29) is 0 Å². The van der Waals surface area contributed by atoms with Crippen molar-refractivity contribution in [3.05, 3.63) is 0 Å². The van der Waals surface area contributed by atoms with Gasteiger partial charge >= 0.3 is 0 Å². The summed E-state index contributed by atoms with van der Waals surface area (Å²) in [6, 6.07) is 0. The Balaban J connectivity index is 2.00. The Morgan fingerprint density at radius 3 is 2.92 bits per heavy atom. The zero-order valence-electron chi connectivity index (χ0n) is 7.88.